The largest absolute Gasteiger partial charge is 0.347 e. The highest BCUT2D eigenvalue weighted by Crippen LogP contribution is 2.36. The standard InChI is InChI=1S/C27H28N4O.C2H6/c1-18-6-7-20(16-28-18)19-10-12-31(27(32)13-19)22-8-9-23-24-17-30-11-4-3-5-21(30)14-26(24)29(2)25(23)15-22;1-2/h6-10,12-13,15-16,21H,3-5,11,14,17H2,1-2H3;1-2H3. The molecule has 0 aliphatic carbocycles. The number of aromatic nitrogens is 3. The van der Waals surface area contributed by atoms with Crippen LogP contribution < -0.4 is 5.56 Å². The van der Waals surface area contributed by atoms with E-state index in [1.165, 1.54) is 48.0 Å². The molecule has 0 spiro atoms. The van der Waals surface area contributed by atoms with E-state index < -0.39 is 0 Å². The Morgan fingerprint density at radius 2 is 1.85 bits per heavy atom. The number of benzene rings is 1. The van der Waals surface area contributed by atoms with E-state index in [4.69, 9.17) is 0 Å². The summed E-state index contributed by atoms with van der Waals surface area (Å²) < 4.78 is 4.09. The van der Waals surface area contributed by atoms with Crippen molar-refractivity contribution in [3.05, 3.63) is 82.2 Å². The maximum atomic E-state index is 13.0. The lowest BCUT2D eigenvalue weighted by Crippen LogP contribution is -2.43. The van der Waals surface area contributed by atoms with Crippen LogP contribution in [0.5, 0.6) is 0 Å². The summed E-state index contributed by atoms with van der Waals surface area (Å²) in [7, 11) is 2.18. The third-order valence-corrected chi connectivity index (χ3v) is 7.40. The molecule has 2 aliphatic rings. The highest BCUT2D eigenvalue weighted by atomic mass is 16.1. The number of nitrogens with zero attached hydrogens (tertiary/aromatic N) is 4. The van der Waals surface area contributed by atoms with Gasteiger partial charge in [-0.05, 0) is 61.7 Å². The molecular weight excluding hydrogens is 420 g/mol. The van der Waals surface area contributed by atoms with Crippen molar-refractivity contribution < 1.29 is 0 Å². The molecule has 34 heavy (non-hydrogen) atoms. The molecule has 0 bridgehead atoms. The molecule has 4 aromatic rings. The number of pyridine rings is 2. The van der Waals surface area contributed by atoms with Gasteiger partial charge in [0.25, 0.3) is 5.56 Å². The summed E-state index contributed by atoms with van der Waals surface area (Å²) in [5, 5.41) is 1.32. The second-order valence-corrected chi connectivity index (χ2v) is 9.32. The topological polar surface area (TPSA) is 43.1 Å². The van der Waals surface area contributed by atoms with E-state index in [-0.39, 0.29) is 5.56 Å². The summed E-state index contributed by atoms with van der Waals surface area (Å²) in [6.45, 7) is 8.23. The Hall–Kier alpha value is -3.18. The van der Waals surface area contributed by atoms with Gasteiger partial charge >= 0.3 is 0 Å². The number of hydrogen-bond acceptors (Lipinski definition) is 3. The van der Waals surface area contributed by atoms with Crippen molar-refractivity contribution in [2.75, 3.05) is 6.54 Å². The lowest BCUT2D eigenvalue weighted by Gasteiger charge is -2.39. The van der Waals surface area contributed by atoms with Gasteiger partial charge in [0.2, 0.25) is 0 Å². The minimum absolute atomic E-state index is 0.0291. The molecule has 5 heterocycles. The lowest BCUT2D eigenvalue weighted by molar-refractivity contribution is 0.126. The third-order valence-electron chi connectivity index (χ3n) is 7.40. The Bertz CT molecular complexity index is 1380. The van der Waals surface area contributed by atoms with Crippen LogP contribution in [-0.2, 0) is 20.0 Å². The van der Waals surface area contributed by atoms with Gasteiger partial charge < -0.3 is 4.57 Å². The van der Waals surface area contributed by atoms with Crippen molar-refractivity contribution in [1.82, 2.24) is 19.0 Å². The molecule has 1 saturated heterocycles. The molecule has 6 rings (SSSR count). The Kier molecular flexibility index (Phi) is 6.13. The molecule has 2 aliphatic heterocycles. The minimum Gasteiger partial charge on any atom is -0.347 e. The number of aryl methyl sites for hydroxylation is 2. The van der Waals surface area contributed by atoms with Gasteiger partial charge in [-0.3, -0.25) is 19.2 Å². The first-order chi connectivity index (χ1) is 16.6. The molecule has 0 N–H and O–H groups in total. The van der Waals surface area contributed by atoms with Crippen LogP contribution in [0.1, 0.15) is 50.1 Å². The third kappa shape index (κ3) is 3.88. The van der Waals surface area contributed by atoms with E-state index in [2.05, 4.69) is 39.7 Å². The average Bonchev–Trinajstić information content (AvgIpc) is 3.15. The van der Waals surface area contributed by atoms with Crippen LogP contribution in [0.3, 0.4) is 0 Å². The van der Waals surface area contributed by atoms with E-state index in [1.54, 1.807) is 10.6 Å². The number of hydrogen-bond donors (Lipinski definition) is 0. The number of fused-ring (bicyclic) bond motifs is 4. The molecule has 5 heteroatoms. The fraction of sp³-hybridized carbons (Fsp3) is 0.379. The predicted octanol–water partition coefficient (Wildman–Crippen LogP) is 5.64. The summed E-state index contributed by atoms with van der Waals surface area (Å²) in [6.07, 6.45) is 8.81. The van der Waals surface area contributed by atoms with Crippen molar-refractivity contribution >= 4 is 10.9 Å². The highest BCUT2D eigenvalue weighted by Gasteiger charge is 2.31. The molecule has 0 amide bonds. The minimum atomic E-state index is -0.0291. The summed E-state index contributed by atoms with van der Waals surface area (Å²) in [6, 6.07) is 14.8. The Labute approximate surface area is 201 Å². The van der Waals surface area contributed by atoms with Gasteiger partial charge in [0.1, 0.15) is 0 Å². The first-order valence-electron chi connectivity index (χ1n) is 12.6. The van der Waals surface area contributed by atoms with Gasteiger partial charge in [0.15, 0.2) is 0 Å². The van der Waals surface area contributed by atoms with Crippen LogP contribution in [-0.4, -0.2) is 31.6 Å². The summed E-state index contributed by atoms with van der Waals surface area (Å²) in [5.41, 5.74) is 7.86. The summed E-state index contributed by atoms with van der Waals surface area (Å²) in [4.78, 5) is 20.0. The van der Waals surface area contributed by atoms with Crippen molar-refractivity contribution in [2.45, 2.75) is 59.0 Å². The van der Waals surface area contributed by atoms with Gasteiger partial charge in [0, 0.05) is 66.9 Å². The van der Waals surface area contributed by atoms with Gasteiger partial charge in [-0.25, -0.2) is 0 Å². The zero-order chi connectivity index (χ0) is 23.8. The van der Waals surface area contributed by atoms with Crippen LogP contribution in [0, 0.1) is 6.92 Å². The normalized spacial score (nSPS) is 17.6. The van der Waals surface area contributed by atoms with Crippen LogP contribution in [0.25, 0.3) is 27.7 Å². The van der Waals surface area contributed by atoms with Crippen molar-refractivity contribution in [3.63, 3.8) is 0 Å². The maximum Gasteiger partial charge on any atom is 0.255 e. The van der Waals surface area contributed by atoms with E-state index >= 15 is 0 Å². The molecule has 0 saturated carbocycles. The van der Waals surface area contributed by atoms with E-state index in [0.717, 1.165) is 35.5 Å². The first kappa shape index (κ1) is 22.6. The molecule has 3 aromatic heterocycles. The van der Waals surface area contributed by atoms with Gasteiger partial charge in [-0.2, -0.15) is 0 Å². The second kappa shape index (κ2) is 9.22. The van der Waals surface area contributed by atoms with Crippen molar-refractivity contribution in [1.29, 1.82) is 0 Å². The molecule has 1 atom stereocenters. The molecule has 1 aromatic carbocycles. The zero-order valence-corrected chi connectivity index (χ0v) is 20.7. The van der Waals surface area contributed by atoms with Crippen molar-refractivity contribution in [2.24, 2.45) is 7.05 Å². The molecule has 176 valence electrons. The van der Waals surface area contributed by atoms with Gasteiger partial charge in [-0.1, -0.05) is 32.4 Å². The predicted molar refractivity (Wildman–Crippen MR) is 140 cm³/mol. The molecule has 1 unspecified atom stereocenters. The Balaban J connectivity index is 0.00000117. The Morgan fingerprint density at radius 3 is 2.62 bits per heavy atom. The fourth-order valence-corrected chi connectivity index (χ4v) is 5.58. The molecule has 1 fully saturated rings. The van der Waals surface area contributed by atoms with Crippen molar-refractivity contribution in [3.8, 4) is 16.8 Å². The maximum absolute atomic E-state index is 13.0. The Morgan fingerprint density at radius 1 is 1.00 bits per heavy atom. The van der Waals surface area contributed by atoms with E-state index in [0.29, 0.717) is 6.04 Å². The monoisotopic (exact) mass is 454 g/mol. The molecule has 0 radical (unpaired) electrons. The smallest absolute Gasteiger partial charge is 0.255 e. The van der Waals surface area contributed by atoms with E-state index in [9.17, 15) is 4.79 Å². The van der Waals surface area contributed by atoms with Crippen LogP contribution in [0.15, 0.2) is 59.7 Å². The zero-order valence-electron chi connectivity index (χ0n) is 20.7. The van der Waals surface area contributed by atoms with Gasteiger partial charge in [-0.15, -0.1) is 0 Å². The quantitative estimate of drug-likeness (QED) is 0.394. The fourth-order valence-electron chi connectivity index (χ4n) is 5.58. The first-order valence-corrected chi connectivity index (χ1v) is 12.6. The van der Waals surface area contributed by atoms with Crippen LogP contribution in [0.4, 0.5) is 0 Å². The second-order valence-electron chi connectivity index (χ2n) is 9.32. The molecular formula is C29H34N4O. The summed E-state index contributed by atoms with van der Waals surface area (Å²) in [5.74, 6) is 0. The number of rotatable bonds is 2. The van der Waals surface area contributed by atoms with Crippen LogP contribution in [0.2, 0.25) is 0 Å². The average molecular weight is 455 g/mol. The number of piperidine rings is 1. The molecule has 5 nitrogen and oxygen atoms in total. The van der Waals surface area contributed by atoms with Gasteiger partial charge in [0.05, 0.1) is 11.2 Å². The summed E-state index contributed by atoms with van der Waals surface area (Å²) >= 11 is 0. The SMILES string of the molecule is CC.Cc1ccc(-c2ccn(-c3ccc4c5c(n(C)c4c3)CC3CCCCN3C5)c(=O)c2)cn1. The van der Waals surface area contributed by atoms with E-state index in [1.807, 2.05) is 51.4 Å². The highest BCUT2D eigenvalue weighted by molar-refractivity contribution is 5.87. The van der Waals surface area contributed by atoms with Crippen LogP contribution >= 0.6 is 0 Å². The lowest BCUT2D eigenvalue weighted by atomic mass is 9.91.